The molecule has 2 rings (SSSR count). The molecular formula is C14H15ClN2O2. The van der Waals surface area contributed by atoms with Crippen LogP contribution in [0.1, 0.15) is 24.2 Å². The van der Waals surface area contributed by atoms with Crippen LogP contribution in [0.2, 0.25) is 5.15 Å². The number of aromatic carboxylic acids is 1. The molecule has 0 unspecified atom stereocenters. The Labute approximate surface area is 116 Å². The Kier molecular flexibility index (Phi) is 3.90. The number of aromatic nitrogens is 1. The summed E-state index contributed by atoms with van der Waals surface area (Å²) in [5, 5.41) is 9.81. The van der Waals surface area contributed by atoms with Crippen molar-refractivity contribution < 1.29 is 9.90 Å². The third kappa shape index (κ3) is 2.63. The Hall–Kier alpha value is -1.81. The van der Waals surface area contributed by atoms with Gasteiger partial charge in [0, 0.05) is 24.2 Å². The van der Waals surface area contributed by atoms with Crippen LogP contribution in [0.25, 0.3) is 10.9 Å². The summed E-state index contributed by atoms with van der Waals surface area (Å²) in [6, 6.07) is 7.33. The van der Waals surface area contributed by atoms with Crippen molar-refractivity contribution in [2.75, 3.05) is 18.0 Å². The molecule has 2 aromatic rings. The summed E-state index contributed by atoms with van der Waals surface area (Å²) in [7, 11) is 0. The van der Waals surface area contributed by atoms with Crippen molar-refractivity contribution in [3.8, 4) is 0 Å². The minimum absolute atomic E-state index is 0.0247. The second-order valence-corrected chi connectivity index (χ2v) is 4.54. The van der Waals surface area contributed by atoms with Gasteiger partial charge in [0.15, 0.2) is 0 Å². The highest BCUT2D eigenvalue weighted by Gasteiger charge is 2.12. The second kappa shape index (κ2) is 5.45. The van der Waals surface area contributed by atoms with E-state index in [4.69, 9.17) is 16.7 Å². The molecule has 1 N–H and O–H groups in total. The number of carboxylic acids is 1. The fourth-order valence-electron chi connectivity index (χ4n) is 2.07. The van der Waals surface area contributed by atoms with Crippen LogP contribution in [0, 0.1) is 0 Å². The zero-order valence-electron chi connectivity index (χ0n) is 10.9. The molecule has 0 aliphatic rings. The summed E-state index contributed by atoms with van der Waals surface area (Å²) < 4.78 is 0. The Morgan fingerprint density at radius 2 is 2.00 bits per heavy atom. The highest BCUT2D eigenvalue weighted by Crippen LogP contribution is 2.25. The Balaban J connectivity index is 2.55. The molecule has 0 fully saturated rings. The van der Waals surface area contributed by atoms with Crippen LogP contribution in [0.3, 0.4) is 0 Å². The molecule has 0 bridgehead atoms. The van der Waals surface area contributed by atoms with Crippen molar-refractivity contribution in [3.63, 3.8) is 0 Å². The van der Waals surface area contributed by atoms with Crippen molar-refractivity contribution in [2.24, 2.45) is 0 Å². The first-order chi connectivity index (χ1) is 9.06. The molecule has 0 atom stereocenters. The number of carboxylic acid groups (broad SMARTS) is 1. The maximum Gasteiger partial charge on any atom is 0.338 e. The smallest absolute Gasteiger partial charge is 0.338 e. The zero-order chi connectivity index (χ0) is 14.0. The quantitative estimate of drug-likeness (QED) is 0.871. The number of fused-ring (bicyclic) bond motifs is 1. The van der Waals surface area contributed by atoms with Gasteiger partial charge in [0.1, 0.15) is 5.15 Å². The van der Waals surface area contributed by atoms with Crippen LogP contribution < -0.4 is 4.90 Å². The number of benzene rings is 1. The van der Waals surface area contributed by atoms with Crippen molar-refractivity contribution >= 4 is 34.2 Å². The number of rotatable bonds is 4. The summed E-state index contributed by atoms with van der Waals surface area (Å²) in [4.78, 5) is 17.4. The van der Waals surface area contributed by atoms with E-state index >= 15 is 0 Å². The second-order valence-electron chi connectivity index (χ2n) is 4.18. The minimum atomic E-state index is -1.06. The average Bonchev–Trinajstić information content (AvgIpc) is 2.38. The molecule has 100 valence electrons. The Morgan fingerprint density at radius 1 is 1.32 bits per heavy atom. The summed E-state index contributed by atoms with van der Waals surface area (Å²) in [6.45, 7) is 5.98. The Morgan fingerprint density at radius 3 is 2.58 bits per heavy atom. The Bertz CT molecular complexity index is 624. The first kappa shape index (κ1) is 13.6. The number of carbonyl (C=O) groups is 1. The van der Waals surface area contributed by atoms with Crippen molar-refractivity contribution in [2.45, 2.75) is 13.8 Å². The number of anilines is 1. The minimum Gasteiger partial charge on any atom is -0.478 e. The van der Waals surface area contributed by atoms with E-state index in [0.29, 0.717) is 5.52 Å². The number of hydrogen-bond donors (Lipinski definition) is 1. The summed E-state index contributed by atoms with van der Waals surface area (Å²) in [5.41, 5.74) is 1.80. The number of pyridine rings is 1. The summed E-state index contributed by atoms with van der Waals surface area (Å²) in [5.74, 6) is -1.06. The van der Waals surface area contributed by atoms with Crippen molar-refractivity contribution in [1.82, 2.24) is 4.98 Å². The molecule has 5 heteroatoms. The molecule has 1 aromatic carbocycles. The maximum absolute atomic E-state index is 11.0. The van der Waals surface area contributed by atoms with Gasteiger partial charge in [-0.2, -0.15) is 0 Å². The van der Waals surface area contributed by atoms with E-state index in [1.54, 1.807) is 6.07 Å². The molecule has 19 heavy (non-hydrogen) atoms. The van der Waals surface area contributed by atoms with Gasteiger partial charge < -0.3 is 10.0 Å². The third-order valence-corrected chi connectivity index (χ3v) is 3.40. The fraction of sp³-hybridized carbons (Fsp3) is 0.286. The molecule has 0 saturated carbocycles. The van der Waals surface area contributed by atoms with Crippen LogP contribution >= 0.6 is 11.6 Å². The molecule has 0 saturated heterocycles. The lowest BCUT2D eigenvalue weighted by molar-refractivity contribution is 0.0697. The normalized spacial score (nSPS) is 10.7. The van der Waals surface area contributed by atoms with Gasteiger partial charge in [0.05, 0.1) is 11.1 Å². The molecule has 4 nitrogen and oxygen atoms in total. The molecular weight excluding hydrogens is 264 g/mol. The van der Waals surface area contributed by atoms with Crippen LogP contribution in [0.5, 0.6) is 0 Å². The van der Waals surface area contributed by atoms with Crippen molar-refractivity contribution in [3.05, 3.63) is 35.0 Å². The first-order valence-electron chi connectivity index (χ1n) is 6.15. The van der Waals surface area contributed by atoms with E-state index in [1.807, 2.05) is 18.2 Å². The van der Waals surface area contributed by atoms with Crippen LogP contribution in [-0.2, 0) is 0 Å². The highest BCUT2D eigenvalue weighted by molar-refractivity contribution is 6.32. The summed E-state index contributed by atoms with van der Waals surface area (Å²) >= 11 is 5.89. The number of halogens is 1. The van der Waals surface area contributed by atoms with Crippen LogP contribution in [-0.4, -0.2) is 29.1 Å². The van der Waals surface area contributed by atoms with E-state index in [0.717, 1.165) is 24.2 Å². The summed E-state index contributed by atoms with van der Waals surface area (Å²) in [6.07, 6.45) is 0. The lowest BCUT2D eigenvalue weighted by Gasteiger charge is -2.21. The molecule has 1 heterocycles. The van der Waals surface area contributed by atoms with E-state index < -0.39 is 5.97 Å². The SMILES string of the molecule is CCN(CC)c1ccc2cc(C(=O)O)c(Cl)nc2c1. The average molecular weight is 279 g/mol. The van der Waals surface area contributed by atoms with Gasteiger partial charge in [-0.3, -0.25) is 0 Å². The molecule has 0 spiro atoms. The van der Waals surface area contributed by atoms with E-state index in [-0.39, 0.29) is 10.7 Å². The standard InChI is InChI=1S/C14H15ClN2O2/c1-3-17(4-2)10-6-5-9-7-11(14(18)19)13(15)16-12(9)8-10/h5-8H,3-4H2,1-2H3,(H,18,19). The van der Waals surface area contributed by atoms with Crippen LogP contribution in [0.15, 0.2) is 24.3 Å². The van der Waals surface area contributed by atoms with E-state index in [1.165, 1.54) is 0 Å². The first-order valence-corrected chi connectivity index (χ1v) is 6.53. The van der Waals surface area contributed by atoms with Gasteiger partial charge >= 0.3 is 5.97 Å². The molecule has 0 aliphatic carbocycles. The highest BCUT2D eigenvalue weighted by atomic mass is 35.5. The van der Waals surface area contributed by atoms with Gasteiger partial charge in [-0.25, -0.2) is 9.78 Å². The molecule has 1 aromatic heterocycles. The van der Waals surface area contributed by atoms with Crippen molar-refractivity contribution in [1.29, 1.82) is 0 Å². The monoisotopic (exact) mass is 278 g/mol. The fourth-order valence-corrected chi connectivity index (χ4v) is 2.29. The molecule has 0 radical (unpaired) electrons. The predicted molar refractivity (Wildman–Crippen MR) is 77.3 cm³/mol. The predicted octanol–water partition coefficient (Wildman–Crippen LogP) is 3.43. The van der Waals surface area contributed by atoms with E-state index in [9.17, 15) is 4.79 Å². The number of nitrogens with zero attached hydrogens (tertiary/aromatic N) is 2. The topological polar surface area (TPSA) is 53.4 Å². The van der Waals surface area contributed by atoms with Gasteiger partial charge in [-0.15, -0.1) is 0 Å². The lowest BCUT2D eigenvalue weighted by Crippen LogP contribution is -2.21. The molecule has 0 amide bonds. The van der Waals surface area contributed by atoms with Gasteiger partial charge in [0.2, 0.25) is 0 Å². The third-order valence-electron chi connectivity index (χ3n) is 3.11. The lowest BCUT2D eigenvalue weighted by atomic mass is 10.1. The van der Waals surface area contributed by atoms with Crippen LogP contribution in [0.4, 0.5) is 5.69 Å². The number of hydrogen-bond acceptors (Lipinski definition) is 3. The van der Waals surface area contributed by atoms with Gasteiger partial charge in [0.25, 0.3) is 0 Å². The van der Waals surface area contributed by atoms with Gasteiger partial charge in [-0.1, -0.05) is 17.7 Å². The maximum atomic E-state index is 11.0. The van der Waals surface area contributed by atoms with Gasteiger partial charge in [-0.05, 0) is 32.0 Å². The van der Waals surface area contributed by atoms with E-state index in [2.05, 4.69) is 23.7 Å². The zero-order valence-corrected chi connectivity index (χ0v) is 11.6. The molecule has 0 aliphatic heterocycles. The largest absolute Gasteiger partial charge is 0.478 e.